The van der Waals surface area contributed by atoms with Crippen LogP contribution in [0.15, 0.2) is 39.9 Å². The summed E-state index contributed by atoms with van der Waals surface area (Å²) in [6, 6.07) is 9.69. The van der Waals surface area contributed by atoms with Gasteiger partial charge in [0.2, 0.25) is 5.91 Å². The fourth-order valence-electron chi connectivity index (χ4n) is 1.95. The number of carbonyl (C=O) groups excluding carboxylic acids is 1. The number of hydrogen-bond acceptors (Lipinski definition) is 3. The molecule has 0 saturated heterocycles. The molecule has 0 aliphatic heterocycles. The number of furan rings is 1. The van der Waals surface area contributed by atoms with Crippen LogP contribution in [-0.2, 0) is 11.2 Å². The highest BCUT2D eigenvalue weighted by molar-refractivity contribution is 5.81. The molecule has 20 heavy (non-hydrogen) atoms. The Bertz CT molecular complexity index is 642. The van der Waals surface area contributed by atoms with Crippen molar-refractivity contribution < 1.29 is 9.21 Å². The van der Waals surface area contributed by atoms with Gasteiger partial charge in [-0.1, -0.05) is 23.8 Å². The summed E-state index contributed by atoms with van der Waals surface area (Å²) in [6.07, 6.45) is 1.81. The molecule has 0 bridgehead atoms. The van der Waals surface area contributed by atoms with Crippen molar-refractivity contribution in [2.24, 2.45) is 5.10 Å². The third kappa shape index (κ3) is 3.82. The van der Waals surface area contributed by atoms with E-state index in [-0.39, 0.29) is 5.91 Å². The van der Waals surface area contributed by atoms with Gasteiger partial charge in [-0.05, 0) is 44.0 Å². The van der Waals surface area contributed by atoms with Crippen molar-refractivity contribution in [3.8, 4) is 0 Å². The summed E-state index contributed by atoms with van der Waals surface area (Å²) in [4.78, 5) is 11.8. The summed E-state index contributed by atoms with van der Waals surface area (Å²) < 4.78 is 5.32. The van der Waals surface area contributed by atoms with Crippen molar-refractivity contribution >= 4 is 12.1 Å². The first kappa shape index (κ1) is 14.1. The van der Waals surface area contributed by atoms with Gasteiger partial charge in [-0.25, -0.2) is 5.43 Å². The molecule has 0 unspecified atom stereocenters. The highest BCUT2D eigenvalue weighted by Gasteiger charge is 2.05. The Kier molecular flexibility index (Phi) is 4.35. The second-order valence-corrected chi connectivity index (χ2v) is 4.85. The Hall–Kier alpha value is -2.36. The van der Waals surface area contributed by atoms with E-state index >= 15 is 0 Å². The maximum Gasteiger partial charge on any atom is 0.244 e. The molecule has 104 valence electrons. The summed E-state index contributed by atoms with van der Waals surface area (Å²) in [5.41, 5.74) is 5.82. The van der Waals surface area contributed by atoms with Gasteiger partial charge in [-0.3, -0.25) is 4.79 Å². The van der Waals surface area contributed by atoms with Crippen molar-refractivity contribution in [2.45, 2.75) is 27.2 Å². The van der Waals surface area contributed by atoms with E-state index in [0.717, 1.165) is 16.9 Å². The van der Waals surface area contributed by atoms with Crippen LogP contribution >= 0.6 is 0 Å². The first-order chi connectivity index (χ1) is 9.54. The third-order valence-electron chi connectivity index (χ3n) is 2.99. The molecular formula is C16H18N2O2. The Balaban J connectivity index is 1.91. The number of amides is 1. The second-order valence-electron chi connectivity index (χ2n) is 4.85. The molecule has 0 spiro atoms. The number of nitrogens with zero attached hydrogens (tertiary/aromatic N) is 1. The summed E-state index contributed by atoms with van der Waals surface area (Å²) in [6.45, 7) is 5.90. The van der Waals surface area contributed by atoms with E-state index in [4.69, 9.17) is 4.42 Å². The Labute approximate surface area is 118 Å². The minimum Gasteiger partial charge on any atom is -0.460 e. The molecule has 0 fully saturated rings. The summed E-state index contributed by atoms with van der Waals surface area (Å²) in [5, 5.41) is 3.88. The van der Waals surface area contributed by atoms with E-state index < -0.39 is 0 Å². The number of hydrazone groups is 1. The quantitative estimate of drug-likeness (QED) is 0.686. The Morgan fingerprint density at radius 3 is 2.70 bits per heavy atom. The molecule has 2 aromatic rings. The van der Waals surface area contributed by atoms with Crippen LogP contribution in [0.25, 0.3) is 0 Å². The lowest BCUT2D eigenvalue weighted by atomic mass is 10.0. The van der Waals surface area contributed by atoms with Crippen LogP contribution in [0, 0.1) is 20.8 Å². The predicted octanol–water partition coefficient (Wildman–Crippen LogP) is 2.90. The normalized spacial score (nSPS) is 10.9. The molecule has 0 aliphatic rings. The topological polar surface area (TPSA) is 54.6 Å². The van der Waals surface area contributed by atoms with Gasteiger partial charge in [-0.15, -0.1) is 0 Å². The van der Waals surface area contributed by atoms with Crippen molar-refractivity contribution in [1.82, 2.24) is 5.43 Å². The zero-order valence-electron chi connectivity index (χ0n) is 11.9. The minimum atomic E-state index is -0.142. The summed E-state index contributed by atoms with van der Waals surface area (Å²) >= 11 is 0. The highest BCUT2D eigenvalue weighted by atomic mass is 16.3. The van der Waals surface area contributed by atoms with Gasteiger partial charge in [0.15, 0.2) is 0 Å². The average Bonchev–Trinajstić information content (AvgIpc) is 2.79. The molecule has 0 radical (unpaired) electrons. The average molecular weight is 270 g/mol. The zero-order chi connectivity index (χ0) is 14.5. The van der Waals surface area contributed by atoms with Crippen LogP contribution in [-0.4, -0.2) is 12.1 Å². The van der Waals surface area contributed by atoms with Crippen molar-refractivity contribution in [3.63, 3.8) is 0 Å². The van der Waals surface area contributed by atoms with Crippen LogP contribution in [0.5, 0.6) is 0 Å². The molecule has 1 aromatic heterocycles. The molecule has 0 atom stereocenters. The van der Waals surface area contributed by atoms with Crippen LogP contribution < -0.4 is 5.43 Å². The van der Waals surface area contributed by atoms with Crippen molar-refractivity contribution in [3.05, 3.63) is 58.5 Å². The third-order valence-corrected chi connectivity index (χ3v) is 2.99. The SMILES string of the molecule is Cc1ccc(CC(=O)N/N=C\c2ccc(C)o2)c(C)c1. The number of hydrogen-bond donors (Lipinski definition) is 1. The van der Waals surface area contributed by atoms with Crippen molar-refractivity contribution in [2.75, 3.05) is 0 Å². The molecule has 1 aromatic carbocycles. The molecule has 0 saturated carbocycles. The first-order valence-corrected chi connectivity index (χ1v) is 6.49. The lowest BCUT2D eigenvalue weighted by Gasteiger charge is -2.05. The van der Waals surface area contributed by atoms with Crippen LogP contribution in [0.4, 0.5) is 0 Å². The fourth-order valence-corrected chi connectivity index (χ4v) is 1.95. The van der Waals surface area contributed by atoms with Gasteiger partial charge in [0.25, 0.3) is 0 Å². The fraction of sp³-hybridized carbons (Fsp3) is 0.250. The number of nitrogens with one attached hydrogen (secondary N) is 1. The summed E-state index contributed by atoms with van der Waals surface area (Å²) in [5.74, 6) is 1.29. The lowest BCUT2D eigenvalue weighted by molar-refractivity contribution is -0.120. The number of benzene rings is 1. The second kappa shape index (κ2) is 6.19. The molecule has 0 aliphatic carbocycles. The molecule has 1 heterocycles. The molecule has 1 amide bonds. The number of rotatable bonds is 4. The van der Waals surface area contributed by atoms with Gasteiger partial charge < -0.3 is 4.42 Å². The number of carbonyl (C=O) groups is 1. The van der Waals surface area contributed by atoms with Crippen LogP contribution in [0.3, 0.4) is 0 Å². The van der Waals surface area contributed by atoms with Crippen LogP contribution in [0.2, 0.25) is 0 Å². The molecule has 4 heteroatoms. The van der Waals surface area contributed by atoms with E-state index in [9.17, 15) is 4.79 Å². The van der Waals surface area contributed by atoms with E-state index in [2.05, 4.69) is 16.6 Å². The zero-order valence-corrected chi connectivity index (χ0v) is 11.9. The van der Waals surface area contributed by atoms with Gasteiger partial charge in [0, 0.05) is 0 Å². The maximum atomic E-state index is 11.8. The minimum absolute atomic E-state index is 0.142. The van der Waals surface area contributed by atoms with Gasteiger partial charge in [0.1, 0.15) is 11.5 Å². The molecule has 4 nitrogen and oxygen atoms in total. The molecule has 1 N–H and O–H groups in total. The maximum absolute atomic E-state index is 11.8. The van der Waals surface area contributed by atoms with Gasteiger partial charge in [-0.2, -0.15) is 5.10 Å². The number of aryl methyl sites for hydroxylation is 3. The first-order valence-electron chi connectivity index (χ1n) is 6.49. The highest BCUT2D eigenvalue weighted by Crippen LogP contribution is 2.11. The van der Waals surface area contributed by atoms with E-state index in [1.165, 1.54) is 11.8 Å². The predicted molar refractivity (Wildman–Crippen MR) is 78.8 cm³/mol. The lowest BCUT2D eigenvalue weighted by Crippen LogP contribution is -2.20. The summed E-state index contributed by atoms with van der Waals surface area (Å²) in [7, 11) is 0. The standard InChI is InChI=1S/C16H18N2O2/c1-11-4-6-14(12(2)8-11)9-16(19)18-17-10-15-7-5-13(3)20-15/h4-8,10H,9H2,1-3H3,(H,18,19)/b17-10-. The Morgan fingerprint density at radius 2 is 2.05 bits per heavy atom. The van der Waals surface area contributed by atoms with E-state index in [1.54, 1.807) is 6.07 Å². The largest absolute Gasteiger partial charge is 0.460 e. The van der Waals surface area contributed by atoms with Crippen molar-refractivity contribution in [1.29, 1.82) is 0 Å². The van der Waals surface area contributed by atoms with E-state index in [1.807, 2.05) is 39.0 Å². The van der Waals surface area contributed by atoms with E-state index in [0.29, 0.717) is 12.2 Å². The smallest absolute Gasteiger partial charge is 0.244 e. The Morgan fingerprint density at radius 1 is 1.25 bits per heavy atom. The van der Waals surface area contributed by atoms with Crippen LogP contribution in [0.1, 0.15) is 28.2 Å². The van der Waals surface area contributed by atoms with Gasteiger partial charge >= 0.3 is 0 Å². The van der Waals surface area contributed by atoms with Gasteiger partial charge in [0.05, 0.1) is 12.6 Å². The molecular weight excluding hydrogens is 252 g/mol. The monoisotopic (exact) mass is 270 g/mol. The molecule has 2 rings (SSSR count).